The van der Waals surface area contributed by atoms with Crippen LogP contribution in [0, 0.1) is 12.8 Å². The van der Waals surface area contributed by atoms with E-state index in [1.165, 1.54) is 38.4 Å². The lowest BCUT2D eigenvalue weighted by molar-refractivity contribution is -0.139. The number of nitrogens with zero attached hydrogens (tertiary/aromatic N) is 4. The van der Waals surface area contributed by atoms with Crippen LogP contribution in [0.5, 0.6) is 6.01 Å². The number of ether oxygens (including phenoxy) is 2. The van der Waals surface area contributed by atoms with E-state index in [1.54, 1.807) is 0 Å². The molecule has 0 bridgehead atoms. The summed E-state index contributed by atoms with van der Waals surface area (Å²) in [6.07, 6.45) is 4.89. The number of nitrogen functional groups attached to an aromatic ring is 1. The van der Waals surface area contributed by atoms with Crippen molar-refractivity contribution in [1.82, 2.24) is 14.9 Å². The van der Waals surface area contributed by atoms with Gasteiger partial charge in [0, 0.05) is 18.7 Å². The van der Waals surface area contributed by atoms with Crippen molar-refractivity contribution in [3.63, 3.8) is 0 Å². The zero-order chi connectivity index (χ0) is 22.5. The number of hydrogen-bond donors (Lipinski definition) is 1. The van der Waals surface area contributed by atoms with Crippen LogP contribution in [0.15, 0.2) is 24.3 Å². The van der Waals surface area contributed by atoms with Gasteiger partial charge in [0.15, 0.2) is 0 Å². The molecule has 0 atom stereocenters. The van der Waals surface area contributed by atoms with E-state index < -0.39 is 0 Å². The Balaban J connectivity index is 1.56. The van der Waals surface area contributed by atoms with Crippen molar-refractivity contribution in [3.8, 4) is 6.01 Å². The van der Waals surface area contributed by atoms with Gasteiger partial charge >= 0.3 is 12.0 Å². The molecule has 2 N–H and O–H groups in total. The first-order valence-electron chi connectivity index (χ1n) is 11.4. The second-order valence-electron chi connectivity index (χ2n) is 8.83. The Morgan fingerprint density at radius 2 is 1.97 bits per heavy atom. The third-order valence-corrected chi connectivity index (χ3v) is 6.10. The summed E-state index contributed by atoms with van der Waals surface area (Å²) in [4.78, 5) is 25.5. The van der Waals surface area contributed by atoms with Crippen LogP contribution in [0.25, 0.3) is 0 Å². The lowest BCUT2D eigenvalue weighted by atomic mass is 10.1. The molecule has 2 aromatic rings. The summed E-state index contributed by atoms with van der Waals surface area (Å²) in [5.74, 6) is 1.20. The molecule has 1 aromatic heterocycles. The second-order valence-corrected chi connectivity index (χ2v) is 8.83. The van der Waals surface area contributed by atoms with Crippen LogP contribution in [0.4, 0.5) is 11.6 Å². The van der Waals surface area contributed by atoms with E-state index in [0.717, 1.165) is 30.8 Å². The lowest BCUT2D eigenvalue weighted by Gasteiger charge is -2.25. The van der Waals surface area contributed by atoms with Gasteiger partial charge in [-0.3, -0.25) is 9.69 Å². The largest absolute Gasteiger partial charge is 0.468 e. The van der Waals surface area contributed by atoms with Gasteiger partial charge < -0.3 is 20.1 Å². The first-order valence-corrected chi connectivity index (χ1v) is 11.4. The molecular formula is C24H33N5O3. The van der Waals surface area contributed by atoms with Crippen molar-refractivity contribution in [2.24, 2.45) is 5.92 Å². The summed E-state index contributed by atoms with van der Waals surface area (Å²) in [5.41, 5.74) is 9.27. The van der Waals surface area contributed by atoms with Gasteiger partial charge in [-0.2, -0.15) is 9.97 Å². The van der Waals surface area contributed by atoms with Crippen molar-refractivity contribution >= 4 is 17.6 Å². The molecular weight excluding hydrogens is 406 g/mol. The number of anilines is 2. The molecule has 1 aromatic carbocycles. The Labute approximate surface area is 189 Å². The fourth-order valence-electron chi connectivity index (χ4n) is 4.02. The van der Waals surface area contributed by atoms with E-state index in [9.17, 15) is 4.79 Å². The number of carbonyl (C=O) groups excluding carboxylic acids is 1. The topological polar surface area (TPSA) is 93.8 Å². The van der Waals surface area contributed by atoms with Crippen LogP contribution < -0.4 is 15.4 Å². The predicted octanol–water partition coefficient (Wildman–Crippen LogP) is 2.93. The quantitative estimate of drug-likeness (QED) is 0.565. The minimum atomic E-state index is -0.338. The van der Waals surface area contributed by atoms with Crippen molar-refractivity contribution in [1.29, 1.82) is 0 Å². The average Bonchev–Trinajstić information content (AvgIpc) is 3.48. The molecule has 0 amide bonds. The summed E-state index contributed by atoms with van der Waals surface area (Å²) in [6.45, 7) is 6.28. The maximum Gasteiger partial charge on any atom is 0.325 e. The predicted molar refractivity (Wildman–Crippen MR) is 123 cm³/mol. The van der Waals surface area contributed by atoms with Crippen LogP contribution in [0.2, 0.25) is 0 Å². The maximum atomic E-state index is 12.2. The van der Waals surface area contributed by atoms with E-state index in [-0.39, 0.29) is 18.5 Å². The van der Waals surface area contributed by atoms with Gasteiger partial charge in [0.1, 0.15) is 18.2 Å². The molecule has 0 radical (unpaired) electrons. The number of esters is 1. The Hall–Kier alpha value is -2.87. The first kappa shape index (κ1) is 22.3. The van der Waals surface area contributed by atoms with Gasteiger partial charge in [0.25, 0.3) is 0 Å². The molecule has 32 heavy (non-hydrogen) atoms. The Bertz CT molecular complexity index is 941. The van der Waals surface area contributed by atoms with Gasteiger partial charge in [-0.05, 0) is 62.7 Å². The zero-order valence-corrected chi connectivity index (χ0v) is 19.0. The third-order valence-electron chi connectivity index (χ3n) is 6.10. The standard InChI is InChI=1S/C24H33N5O3/c1-17-22(25)26-24(32-16-18-8-9-18)27-23(17)29(15-21(30)31-2)14-20-7-5-6-19(12-20)13-28-10-3-4-11-28/h5-7,12,18H,3-4,8-11,13-16H2,1-2H3,(H2,25,26,27). The molecule has 0 unspecified atom stereocenters. The Morgan fingerprint density at radius 1 is 1.22 bits per heavy atom. The first-order chi connectivity index (χ1) is 15.5. The lowest BCUT2D eigenvalue weighted by Crippen LogP contribution is -2.32. The van der Waals surface area contributed by atoms with Crippen LogP contribution in [-0.4, -0.2) is 54.2 Å². The number of aromatic nitrogens is 2. The fraction of sp³-hybridized carbons (Fsp3) is 0.542. The van der Waals surface area contributed by atoms with E-state index >= 15 is 0 Å². The van der Waals surface area contributed by atoms with Gasteiger partial charge in [-0.25, -0.2) is 0 Å². The third kappa shape index (κ3) is 5.88. The molecule has 1 saturated heterocycles. The number of rotatable bonds is 10. The number of benzene rings is 1. The summed E-state index contributed by atoms with van der Waals surface area (Å²) in [5, 5.41) is 0. The molecule has 2 aliphatic rings. The molecule has 8 nitrogen and oxygen atoms in total. The fourth-order valence-corrected chi connectivity index (χ4v) is 4.02. The Kier molecular flexibility index (Phi) is 7.09. The summed E-state index contributed by atoms with van der Waals surface area (Å²) in [7, 11) is 1.39. The van der Waals surface area contributed by atoms with Crippen LogP contribution in [-0.2, 0) is 22.6 Å². The molecule has 2 heterocycles. The molecule has 1 saturated carbocycles. The van der Waals surface area contributed by atoms with Gasteiger partial charge in [-0.1, -0.05) is 24.3 Å². The maximum absolute atomic E-state index is 12.2. The Morgan fingerprint density at radius 3 is 2.69 bits per heavy atom. The molecule has 2 fully saturated rings. The van der Waals surface area contributed by atoms with Crippen molar-refractivity contribution in [2.75, 3.05) is 44.0 Å². The molecule has 0 spiro atoms. The summed E-state index contributed by atoms with van der Waals surface area (Å²) < 4.78 is 10.7. The normalized spacial score (nSPS) is 16.2. The number of likely N-dealkylation sites (tertiary alicyclic amines) is 1. The highest BCUT2D eigenvalue weighted by Crippen LogP contribution is 2.30. The van der Waals surface area contributed by atoms with Gasteiger partial charge in [-0.15, -0.1) is 0 Å². The summed E-state index contributed by atoms with van der Waals surface area (Å²) >= 11 is 0. The van der Waals surface area contributed by atoms with Gasteiger partial charge in [0.2, 0.25) is 0 Å². The minimum Gasteiger partial charge on any atom is -0.468 e. The van der Waals surface area contributed by atoms with Crippen molar-refractivity contribution in [3.05, 3.63) is 41.0 Å². The van der Waals surface area contributed by atoms with Crippen LogP contribution in [0.1, 0.15) is 42.4 Å². The number of carbonyl (C=O) groups is 1. The molecule has 4 rings (SSSR count). The average molecular weight is 440 g/mol. The van der Waals surface area contributed by atoms with Crippen molar-refractivity contribution < 1.29 is 14.3 Å². The van der Waals surface area contributed by atoms with Gasteiger partial charge in [0.05, 0.1) is 13.7 Å². The zero-order valence-electron chi connectivity index (χ0n) is 19.0. The monoisotopic (exact) mass is 439 g/mol. The highest BCUT2D eigenvalue weighted by Gasteiger charge is 2.24. The van der Waals surface area contributed by atoms with E-state index in [0.29, 0.717) is 30.7 Å². The molecule has 172 valence electrons. The minimum absolute atomic E-state index is 0.0617. The number of methoxy groups -OCH3 is 1. The summed E-state index contributed by atoms with van der Waals surface area (Å²) in [6, 6.07) is 8.76. The molecule has 1 aliphatic heterocycles. The highest BCUT2D eigenvalue weighted by molar-refractivity contribution is 5.76. The van der Waals surface area contributed by atoms with Crippen LogP contribution >= 0.6 is 0 Å². The second kappa shape index (κ2) is 10.2. The smallest absolute Gasteiger partial charge is 0.325 e. The van der Waals surface area contributed by atoms with E-state index in [4.69, 9.17) is 15.2 Å². The number of nitrogens with two attached hydrogens (primary N) is 1. The SMILES string of the molecule is COC(=O)CN(Cc1cccc(CN2CCCC2)c1)c1nc(OCC2CC2)nc(N)c1C. The van der Waals surface area contributed by atoms with Crippen molar-refractivity contribution in [2.45, 2.75) is 45.7 Å². The molecule has 1 aliphatic carbocycles. The molecule has 8 heteroatoms. The highest BCUT2D eigenvalue weighted by atomic mass is 16.5. The number of hydrogen-bond acceptors (Lipinski definition) is 8. The van der Waals surface area contributed by atoms with E-state index in [1.807, 2.05) is 11.8 Å². The van der Waals surface area contributed by atoms with E-state index in [2.05, 4.69) is 39.1 Å². The van der Waals surface area contributed by atoms with Crippen LogP contribution in [0.3, 0.4) is 0 Å².